The Balaban J connectivity index is 2.05. The molecule has 0 saturated carbocycles. The van der Waals surface area contributed by atoms with Crippen LogP contribution in [0.25, 0.3) is 10.9 Å². The van der Waals surface area contributed by atoms with E-state index in [1.807, 2.05) is 42.5 Å². The summed E-state index contributed by atoms with van der Waals surface area (Å²) in [6.07, 6.45) is 2.68. The van der Waals surface area contributed by atoms with Crippen molar-refractivity contribution >= 4 is 16.6 Å². The Hall–Kier alpha value is -2.55. The van der Waals surface area contributed by atoms with Gasteiger partial charge in [-0.15, -0.1) is 0 Å². The molecule has 3 aromatic rings. The summed E-state index contributed by atoms with van der Waals surface area (Å²) >= 11 is 0. The second-order valence-corrected chi connectivity index (χ2v) is 4.61. The van der Waals surface area contributed by atoms with Crippen molar-refractivity contribution in [3.63, 3.8) is 0 Å². The molecule has 3 nitrogen and oxygen atoms in total. The molecule has 0 fully saturated rings. The number of pyridine rings is 1. The number of hydrogen-bond acceptors (Lipinski definition) is 3. The highest BCUT2D eigenvalue weighted by molar-refractivity contribution is 5.93. The number of rotatable bonds is 3. The fourth-order valence-corrected chi connectivity index (χ4v) is 2.26. The van der Waals surface area contributed by atoms with Crippen molar-refractivity contribution < 1.29 is 4.74 Å². The number of nitrogens with two attached hydrogens (primary N) is 1. The normalized spacial score (nSPS) is 10.7. The molecule has 0 aliphatic heterocycles. The lowest BCUT2D eigenvalue weighted by Crippen LogP contribution is -1.96. The number of nitrogens with zero attached hydrogens (tertiary/aromatic N) is 1. The van der Waals surface area contributed by atoms with Crippen LogP contribution in [0.4, 0.5) is 5.69 Å². The molecule has 100 valence electrons. The van der Waals surface area contributed by atoms with Crippen molar-refractivity contribution in [3.05, 3.63) is 60.3 Å². The second-order valence-electron chi connectivity index (χ2n) is 4.61. The highest BCUT2D eigenvalue weighted by atomic mass is 16.5. The quantitative estimate of drug-likeness (QED) is 0.722. The van der Waals surface area contributed by atoms with Gasteiger partial charge in [0.25, 0.3) is 0 Å². The fourth-order valence-electron chi connectivity index (χ4n) is 2.26. The molecule has 0 spiro atoms. The van der Waals surface area contributed by atoms with E-state index in [1.165, 1.54) is 0 Å². The Labute approximate surface area is 118 Å². The van der Waals surface area contributed by atoms with Crippen LogP contribution in [-0.2, 0) is 6.42 Å². The lowest BCUT2D eigenvalue weighted by Gasteiger charge is -2.13. The third-order valence-electron chi connectivity index (χ3n) is 3.36. The van der Waals surface area contributed by atoms with E-state index in [4.69, 9.17) is 10.5 Å². The molecular weight excluding hydrogens is 248 g/mol. The predicted molar refractivity (Wildman–Crippen MR) is 82.0 cm³/mol. The molecular formula is C17H16N2O. The Morgan fingerprint density at radius 3 is 2.70 bits per heavy atom. The Morgan fingerprint density at radius 2 is 1.85 bits per heavy atom. The van der Waals surface area contributed by atoms with Crippen molar-refractivity contribution in [2.75, 3.05) is 5.73 Å². The molecule has 1 heterocycles. The van der Waals surface area contributed by atoms with Crippen LogP contribution in [0.2, 0.25) is 0 Å². The van der Waals surface area contributed by atoms with E-state index in [2.05, 4.69) is 18.0 Å². The number of nitrogen functional groups attached to an aromatic ring is 1. The van der Waals surface area contributed by atoms with Gasteiger partial charge in [0.2, 0.25) is 0 Å². The zero-order chi connectivity index (χ0) is 13.9. The minimum Gasteiger partial charge on any atom is -0.455 e. The van der Waals surface area contributed by atoms with Gasteiger partial charge in [-0.1, -0.05) is 25.1 Å². The number of benzene rings is 2. The smallest absolute Gasteiger partial charge is 0.151 e. The molecule has 0 radical (unpaired) electrons. The molecule has 20 heavy (non-hydrogen) atoms. The van der Waals surface area contributed by atoms with Crippen molar-refractivity contribution in [2.45, 2.75) is 13.3 Å². The van der Waals surface area contributed by atoms with Gasteiger partial charge in [0.1, 0.15) is 5.75 Å². The number of aryl methyl sites for hydroxylation is 1. The maximum absolute atomic E-state index is 6.19. The van der Waals surface area contributed by atoms with Crippen LogP contribution in [0.15, 0.2) is 54.7 Å². The lowest BCUT2D eigenvalue weighted by atomic mass is 10.1. The van der Waals surface area contributed by atoms with Gasteiger partial charge >= 0.3 is 0 Å². The molecule has 0 saturated heterocycles. The van der Waals surface area contributed by atoms with Crippen LogP contribution in [0.1, 0.15) is 12.5 Å². The van der Waals surface area contributed by atoms with E-state index >= 15 is 0 Å². The summed E-state index contributed by atoms with van der Waals surface area (Å²) in [6.45, 7) is 2.11. The van der Waals surface area contributed by atoms with Crippen LogP contribution in [0.5, 0.6) is 11.5 Å². The van der Waals surface area contributed by atoms with Gasteiger partial charge in [-0.2, -0.15) is 0 Å². The number of aromatic nitrogens is 1. The first kappa shape index (κ1) is 12.5. The first-order valence-corrected chi connectivity index (χ1v) is 6.68. The summed E-state index contributed by atoms with van der Waals surface area (Å²) < 4.78 is 5.99. The van der Waals surface area contributed by atoms with Gasteiger partial charge in [0.15, 0.2) is 5.75 Å². The van der Waals surface area contributed by atoms with E-state index in [1.54, 1.807) is 6.20 Å². The van der Waals surface area contributed by atoms with Crippen molar-refractivity contribution in [3.8, 4) is 11.5 Å². The Kier molecular flexibility index (Phi) is 3.25. The van der Waals surface area contributed by atoms with E-state index in [9.17, 15) is 0 Å². The van der Waals surface area contributed by atoms with E-state index in [0.717, 1.165) is 28.6 Å². The van der Waals surface area contributed by atoms with Gasteiger partial charge < -0.3 is 10.5 Å². The average molecular weight is 264 g/mol. The highest BCUT2D eigenvalue weighted by Crippen LogP contribution is 2.34. The molecule has 0 bridgehead atoms. The van der Waals surface area contributed by atoms with Gasteiger partial charge in [0.05, 0.1) is 11.2 Å². The minimum absolute atomic E-state index is 0.626. The largest absolute Gasteiger partial charge is 0.455 e. The number of ether oxygens (including phenoxy) is 1. The molecule has 3 heteroatoms. The van der Waals surface area contributed by atoms with Crippen LogP contribution in [0.3, 0.4) is 0 Å². The number of para-hydroxylation sites is 1. The maximum atomic E-state index is 6.19. The number of fused-ring (bicyclic) bond motifs is 1. The van der Waals surface area contributed by atoms with Crippen LogP contribution < -0.4 is 10.5 Å². The topological polar surface area (TPSA) is 48.1 Å². The van der Waals surface area contributed by atoms with Gasteiger partial charge in [-0.25, -0.2) is 0 Å². The summed E-state index contributed by atoms with van der Waals surface area (Å²) in [6, 6.07) is 15.6. The van der Waals surface area contributed by atoms with E-state index in [0.29, 0.717) is 11.4 Å². The van der Waals surface area contributed by atoms with Crippen LogP contribution in [-0.4, -0.2) is 4.98 Å². The third-order valence-corrected chi connectivity index (χ3v) is 3.36. The summed E-state index contributed by atoms with van der Waals surface area (Å²) in [7, 11) is 0. The molecule has 1 aromatic heterocycles. The average Bonchev–Trinajstić information content (AvgIpc) is 2.51. The first-order valence-electron chi connectivity index (χ1n) is 6.68. The molecule has 0 amide bonds. The molecule has 0 atom stereocenters. The summed E-state index contributed by atoms with van der Waals surface area (Å²) in [5.41, 5.74) is 8.86. The van der Waals surface area contributed by atoms with E-state index in [-0.39, 0.29) is 0 Å². The van der Waals surface area contributed by atoms with Gasteiger partial charge in [-0.3, -0.25) is 4.98 Å². The fraction of sp³-hybridized carbons (Fsp3) is 0.118. The second kappa shape index (κ2) is 5.21. The number of hydrogen-bond donors (Lipinski definition) is 1. The zero-order valence-corrected chi connectivity index (χ0v) is 11.3. The number of anilines is 1. The third kappa shape index (κ3) is 2.18. The standard InChI is InChI=1S/C17H16N2O/c1-2-12-6-3-4-8-15(12)20-16-10-9-14-13(17(16)18)7-5-11-19-14/h3-11H,2,18H2,1H3. The summed E-state index contributed by atoms with van der Waals surface area (Å²) in [5, 5.41) is 0.916. The van der Waals surface area contributed by atoms with Gasteiger partial charge in [-0.05, 0) is 42.3 Å². The van der Waals surface area contributed by atoms with Crippen molar-refractivity contribution in [2.24, 2.45) is 0 Å². The molecule has 2 aromatic carbocycles. The van der Waals surface area contributed by atoms with Crippen molar-refractivity contribution in [1.29, 1.82) is 0 Å². The monoisotopic (exact) mass is 264 g/mol. The molecule has 3 rings (SSSR count). The zero-order valence-electron chi connectivity index (χ0n) is 11.3. The predicted octanol–water partition coefficient (Wildman–Crippen LogP) is 4.17. The highest BCUT2D eigenvalue weighted by Gasteiger charge is 2.08. The molecule has 0 aliphatic carbocycles. The Morgan fingerprint density at radius 1 is 1.00 bits per heavy atom. The Bertz CT molecular complexity index is 753. The van der Waals surface area contributed by atoms with Crippen LogP contribution in [0, 0.1) is 0 Å². The molecule has 0 aliphatic rings. The van der Waals surface area contributed by atoms with Gasteiger partial charge in [0, 0.05) is 11.6 Å². The first-order chi connectivity index (χ1) is 9.79. The molecule has 0 unspecified atom stereocenters. The maximum Gasteiger partial charge on any atom is 0.151 e. The molecule has 2 N–H and O–H groups in total. The SMILES string of the molecule is CCc1ccccc1Oc1ccc2ncccc2c1N. The minimum atomic E-state index is 0.626. The van der Waals surface area contributed by atoms with E-state index < -0.39 is 0 Å². The lowest BCUT2D eigenvalue weighted by molar-refractivity contribution is 0.480. The van der Waals surface area contributed by atoms with Crippen molar-refractivity contribution in [1.82, 2.24) is 4.98 Å². The summed E-state index contributed by atoms with van der Waals surface area (Å²) in [5.74, 6) is 1.52. The van der Waals surface area contributed by atoms with Crippen LogP contribution >= 0.6 is 0 Å². The summed E-state index contributed by atoms with van der Waals surface area (Å²) in [4.78, 5) is 4.29.